The molecule has 0 fully saturated rings. The molecule has 4 heteroatoms. The lowest BCUT2D eigenvalue weighted by Crippen LogP contribution is -2.21. The normalized spacial score (nSPS) is 15.0. The number of benzene rings is 2. The van der Waals surface area contributed by atoms with E-state index in [1.54, 1.807) is 12.1 Å². The van der Waals surface area contributed by atoms with E-state index in [0.717, 1.165) is 31.4 Å². The minimum Gasteiger partial charge on any atom is -0.336 e. The van der Waals surface area contributed by atoms with Crippen molar-refractivity contribution in [3.63, 3.8) is 0 Å². The summed E-state index contributed by atoms with van der Waals surface area (Å²) >= 11 is 0. The largest absolute Gasteiger partial charge is 0.336 e. The number of fused-ring (bicyclic) bond motifs is 3. The summed E-state index contributed by atoms with van der Waals surface area (Å²) in [5, 5.41) is 1.27. The minimum atomic E-state index is -0.319. The Labute approximate surface area is 153 Å². The molecule has 0 unspecified atom stereocenters. The molecule has 0 aliphatic carbocycles. The summed E-state index contributed by atoms with van der Waals surface area (Å²) in [6, 6.07) is 12.3. The van der Waals surface area contributed by atoms with Crippen molar-refractivity contribution in [3.8, 4) is 0 Å². The molecule has 0 saturated carbocycles. The van der Waals surface area contributed by atoms with Gasteiger partial charge in [-0.1, -0.05) is 11.6 Å². The van der Waals surface area contributed by atoms with Crippen LogP contribution in [0.1, 0.15) is 27.2 Å². The molecule has 4 rings (SSSR count). The van der Waals surface area contributed by atoms with Gasteiger partial charge in [-0.25, -0.2) is 4.39 Å². The van der Waals surface area contributed by atoms with Gasteiger partial charge in [0.15, 0.2) is 5.78 Å². The van der Waals surface area contributed by atoms with Gasteiger partial charge in [-0.05, 0) is 62.4 Å². The number of likely N-dealkylation sites (N-methyl/N-ethyl adjacent to an activating group) is 1. The highest BCUT2D eigenvalue weighted by molar-refractivity contribution is 5.97. The number of aromatic nitrogens is 1. The summed E-state index contributed by atoms with van der Waals surface area (Å²) < 4.78 is 15.3. The maximum Gasteiger partial charge on any atom is 0.182 e. The number of halogens is 1. The van der Waals surface area contributed by atoms with E-state index in [2.05, 4.69) is 41.6 Å². The van der Waals surface area contributed by atoms with Crippen LogP contribution in [0.15, 0.2) is 42.5 Å². The highest BCUT2D eigenvalue weighted by atomic mass is 19.1. The van der Waals surface area contributed by atoms with Crippen molar-refractivity contribution in [2.45, 2.75) is 26.3 Å². The SMILES string of the molecule is Cc1ccc2c(c1)c1c(n2CC(=O)c2ccc(F)cc2)CCN(C)CC1. The van der Waals surface area contributed by atoms with Crippen LogP contribution in [-0.2, 0) is 19.4 Å². The number of nitrogens with zero attached hydrogens (tertiary/aromatic N) is 2. The first-order valence-electron chi connectivity index (χ1n) is 9.11. The maximum absolute atomic E-state index is 13.2. The molecule has 0 atom stereocenters. The Balaban J connectivity index is 1.79. The molecule has 0 amide bonds. The molecule has 26 heavy (non-hydrogen) atoms. The zero-order chi connectivity index (χ0) is 18.3. The monoisotopic (exact) mass is 350 g/mol. The molecule has 134 valence electrons. The lowest BCUT2D eigenvalue weighted by Gasteiger charge is -2.14. The van der Waals surface area contributed by atoms with Gasteiger partial charge in [-0.2, -0.15) is 0 Å². The average molecular weight is 350 g/mol. The minimum absolute atomic E-state index is 0.0166. The zero-order valence-corrected chi connectivity index (χ0v) is 15.3. The first kappa shape index (κ1) is 17.0. The zero-order valence-electron chi connectivity index (χ0n) is 15.3. The summed E-state index contributed by atoms with van der Waals surface area (Å²) in [5.74, 6) is -0.303. The Bertz CT molecular complexity index is 972. The molecule has 0 N–H and O–H groups in total. The van der Waals surface area contributed by atoms with E-state index in [1.807, 2.05) is 0 Å². The van der Waals surface area contributed by atoms with Crippen LogP contribution in [0.4, 0.5) is 4.39 Å². The van der Waals surface area contributed by atoms with Crippen LogP contribution in [0, 0.1) is 12.7 Å². The lowest BCUT2D eigenvalue weighted by atomic mass is 10.1. The van der Waals surface area contributed by atoms with Gasteiger partial charge in [0.05, 0.1) is 6.54 Å². The van der Waals surface area contributed by atoms with Gasteiger partial charge in [-0.3, -0.25) is 4.79 Å². The number of hydrogen-bond donors (Lipinski definition) is 0. The van der Waals surface area contributed by atoms with Crippen LogP contribution in [0.3, 0.4) is 0 Å². The topological polar surface area (TPSA) is 25.2 Å². The number of aryl methyl sites for hydroxylation is 1. The van der Waals surface area contributed by atoms with Crippen LogP contribution < -0.4 is 0 Å². The summed E-state index contributed by atoms with van der Waals surface area (Å²) in [6.07, 6.45) is 1.94. The molecule has 0 spiro atoms. The maximum atomic E-state index is 13.2. The Morgan fingerprint density at radius 2 is 1.81 bits per heavy atom. The fourth-order valence-electron chi connectivity index (χ4n) is 3.92. The number of ketones is 1. The van der Waals surface area contributed by atoms with Crippen molar-refractivity contribution in [1.82, 2.24) is 9.47 Å². The van der Waals surface area contributed by atoms with Crippen LogP contribution in [0.5, 0.6) is 0 Å². The van der Waals surface area contributed by atoms with Gasteiger partial charge in [0.25, 0.3) is 0 Å². The van der Waals surface area contributed by atoms with E-state index in [-0.39, 0.29) is 11.6 Å². The molecule has 0 saturated heterocycles. The average Bonchev–Trinajstić information content (AvgIpc) is 2.76. The summed E-state index contributed by atoms with van der Waals surface area (Å²) in [7, 11) is 2.15. The Hall–Kier alpha value is -2.46. The molecule has 3 nitrogen and oxygen atoms in total. The number of rotatable bonds is 3. The molecule has 1 aromatic heterocycles. The van der Waals surface area contributed by atoms with E-state index in [1.165, 1.54) is 34.3 Å². The summed E-state index contributed by atoms with van der Waals surface area (Å²) in [5.41, 5.74) is 5.56. The molecule has 1 aliphatic heterocycles. The first-order valence-corrected chi connectivity index (χ1v) is 9.11. The van der Waals surface area contributed by atoms with Gasteiger partial charge < -0.3 is 9.47 Å². The van der Waals surface area contributed by atoms with Crippen molar-refractivity contribution in [2.75, 3.05) is 20.1 Å². The molecule has 0 bridgehead atoms. The molecule has 2 aromatic carbocycles. The van der Waals surface area contributed by atoms with Crippen molar-refractivity contribution in [3.05, 3.63) is 70.7 Å². The third-order valence-electron chi connectivity index (χ3n) is 5.38. The highest BCUT2D eigenvalue weighted by Crippen LogP contribution is 2.30. The standard InChI is InChI=1S/C22H23FN2O/c1-15-3-8-20-19(13-15)18-9-11-24(2)12-10-21(18)25(20)14-22(26)16-4-6-17(23)7-5-16/h3-8,13H,9-12,14H2,1-2H3. The molecule has 3 aromatic rings. The van der Waals surface area contributed by atoms with Crippen molar-refractivity contribution in [2.24, 2.45) is 0 Å². The van der Waals surface area contributed by atoms with Crippen LogP contribution in [0.25, 0.3) is 10.9 Å². The van der Waals surface area contributed by atoms with Gasteiger partial charge in [0, 0.05) is 41.7 Å². The van der Waals surface area contributed by atoms with Crippen molar-refractivity contribution < 1.29 is 9.18 Å². The van der Waals surface area contributed by atoms with Gasteiger partial charge in [-0.15, -0.1) is 0 Å². The number of hydrogen-bond acceptors (Lipinski definition) is 2. The molecular formula is C22H23FN2O. The fraction of sp³-hybridized carbons (Fsp3) is 0.318. The van der Waals surface area contributed by atoms with Crippen LogP contribution in [-0.4, -0.2) is 35.4 Å². The number of Topliss-reactive ketones (excluding diaryl/α,β-unsaturated/α-hetero) is 1. The second kappa shape index (κ2) is 6.69. The fourth-order valence-corrected chi connectivity index (χ4v) is 3.92. The molecule has 0 radical (unpaired) electrons. The Morgan fingerprint density at radius 1 is 1.08 bits per heavy atom. The molecule has 1 aliphatic rings. The smallest absolute Gasteiger partial charge is 0.182 e. The molecule has 2 heterocycles. The van der Waals surface area contributed by atoms with E-state index >= 15 is 0 Å². The first-order chi connectivity index (χ1) is 12.5. The predicted molar refractivity (Wildman–Crippen MR) is 102 cm³/mol. The van der Waals surface area contributed by atoms with Gasteiger partial charge >= 0.3 is 0 Å². The second-order valence-electron chi connectivity index (χ2n) is 7.27. The predicted octanol–water partition coefficient (Wildman–Crippen LogP) is 4.00. The third kappa shape index (κ3) is 3.06. The van der Waals surface area contributed by atoms with E-state index in [9.17, 15) is 9.18 Å². The summed E-state index contributed by atoms with van der Waals surface area (Å²) in [4.78, 5) is 15.2. The lowest BCUT2D eigenvalue weighted by molar-refractivity contribution is 0.0972. The highest BCUT2D eigenvalue weighted by Gasteiger charge is 2.22. The summed E-state index contributed by atoms with van der Waals surface area (Å²) in [6.45, 7) is 4.43. The number of carbonyl (C=O) groups is 1. The van der Waals surface area contributed by atoms with Gasteiger partial charge in [0.1, 0.15) is 5.82 Å². The van der Waals surface area contributed by atoms with Crippen LogP contribution >= 0.6 is 0 Å². The van der Waals surface area contributed by atoms with E-state index < -0.39 is 0 Å². The van der Waals surface area contributed by atoms with E-state index in [0.29, 0.717) is 12.1 Å². The third-order valence-corrected chi connectivity index (χ3v) is 5.38. The Morgan fingerprint density at radius 3 is 2.58 bits per heavy atom. The second-order valence-corrected chi connectivity index (χ2v) is 7.27. The van der Waals surface area contributed by atoms with Gasteiger partial charge in [0.2, 0.25) is 0 Å². The van der Waals surface area contributed by atoms with Crippen molar-refractivity contribution >= 4 is 16.7 Å². The molecular weight excluding hydrogens is 327 g/mol. The number of carbonyl (C=O) groups excluding carboxylic acids is 1. The van der Waals surface area contributed by atoms with E-state index in [4.69, 9.17) is 0 Å². The van der Waals surface area contributed by atoms with Crippen molar-refractivity contribution in [1.29, 1.82) is 0 Å². The quantitative estimate of drug-likeness (QED) is 0.667. The Kier molecular flexibility index (Phi) is 4.37. The van der Waals surface area contributed by atoms with Crippen LogP contribution in [0.2, 0.25) is 0 Å².